The van der Waals surface area contributed by atoms with Crippen molar-refractivity contribution in [3.8, 4) is 0 Å². The number of carbonyl (C=O) groups is 2. The van der Waals surface area contributed by atoms with Gasteiger partial charge in [0.15, 0.2) is 5.25 Å². The fourth-order valence-electron chi connectivity index (χ4n) is 0.877. The standard InChI is InChI=1S/C8H11NO3S/c1-2-12-8(11)6-7(10)9-4-3-5-13-6/h3,5-6H,2,4H2,1H3,(H,9,10). The zero-order valence-electron chi connectivity index (χ0n) is 7.28. The number of hydrogen-bond donors (Lipinski definition) is 1. The Morgan fingerprint density at radius 3 is 3.31 bits per heavy atom. The lowest BCUT2D eigenvalue weighted by molar-refractivity contribution is -0.145. The molecule has 0 aromatic carbocycles. The van der Waals surface area contributed by atoms with E-state index in [9.17, 15) is 9.59 Å². The molecule has 1 heterocycles. The number of esters is 1. The molecular weight excluding hydrogens is 190 g/mol. The molecule has 0 aromatic rings. The van der Waals surface area contributed by atoms with E-state index in [0.29, 0.717) is 13.2 Å². The van der Waals surface area contributed by atoms with Crippen LogP contribution in [0.25, 0.3) is 0 Å². The van der Waals surface area contributed by atoms with Gasteiger partial charge in [0, 0.05) is 6.54 Å². The van der Waals surface area contributed by atoms with Gasteiger partial charge in [-0.2, -0.15) is 0 Å². The van der Waals surface area contributed by atoms with Crippen LogP contribution in [-0.4, -0.2) is 30.3 Å². The van der Waals surface area contributed by atoms with Gasteiger partial charge in [-0.25, -0.2) is 0 Å². The molecule has 1 unspecified atom stereocenters. The van der Waals surface area contributed by atoms with E-state index in [0.717, 1.165) is 0 Å². The van der Waals surface area contributed by atoms with Gasteiger partial charge in [-0.05, 0) is 12.3 Å². The molecule has 1 amide bonds. The van der Waals surface area contributed by atoms with E-state index >= 15 is 0 Å². The van der Waals surface area contributed by atoms with Crippen LogP contribution in [0.15, 0.2) is 11.5 Å². The molecule has 1 N–H and O–H groups in total. The van der Waals surface area contributed by atoms with E-state index in [2.05, 4.69) is 5.32 Å². The molecule has 1 atom stereocenters. The van der Waals surface area contributed by atoms with Crippen molar-refractivity contribution in [1.29, 1.82) is 0 Å². The molecule has 5 heteroatoms. The predicted molar refractivity (Wildman–Crippen MR) is 50.2 cm³/mol. The third-order valence-corrected chi connectivity index (χ3v) is 2.47. The van der Waals surface area contributed by atoms with E-state index in [1.54, 1.807) is 18.4 Å². The lowest BCUT2D eigenvalue weighted by Gasteiger charge is -2.10. The fourth-order valence-corrected chi connectivity index (χ4v) is 1.63. The first kappa shape index (κ1) is 10.1. The van der Waals surface area contributed by atoms with Crippen molar-refractivity contribution >= 4 is 23.6 Å². The number of thioether (sulfide) groups is 1. The molecule has 4 nitrogen and oxygen atoms in total. The van der Waals surface area contributed by atoms with Gasteiger partial charge in [0.05, 0.1) is 6.61 Å². The number of hydrogen-bond acceptors (Lipinski definition) is 4. The molecule has 1 rings (SSSR count). The zero-order valence-corrected chi connectivity index (χ0v) is 8.10. The third kappa shape index (κ3) is 2.77. The molecule has 13 heavy (non-hydrogen) atoms. The summed E-state index contributed by atoms with van der Waals surface area (Å²) in [6.07, 6.45) is 1.79. The molecule has 72 valence electrons. The number of amides is 1. The average Bonchev–Trinajstić information content (AvgIpc) is 2.30. The Kier molecular flexibility index (Phi) is 3.82. The summed E-state index contributed by atoms with van der Waals surface area (Å²) in [7, 11) is 0. The molecule has 0 bridgehead atoms. The van der Waals surface area contributed by atoms with E-state index in [-0.39, 0.29) is 5.91 Å². The maximum Gasteiger partial charge on any atom is 0.329 e. The second-order valence-corrected chi connectivity index (χ2v) is 3.40. The Bertz CT molecular complexity index is 240. The highest BCUT2D eigenvalue weighted by Gasteiger charge is 2.28. The van der Waals surface area contributed by atoms with Crippen LogP contribution in [0.4, 0.5) is 0 Å². The molecule has 0 aliphatic carbocycles. The first-order chi connectivity index (χ1) is 6.25. The Hall–Kier alpha value is -0.970. The SMILES string of the molecule is CCOC(=O)C1SC=CCNC1=O. The van der Waals surface area contributed by atoms with Gasteiger partial charge < -0.3 is 10.1 Å². The van der Waals surface area contributed by atoms with Gasteiger partial charge in [-0.15, -0.1) is 11.8 Å². The first-order valence-electron chi connectivity index (χ1n) is 4.00. The van der Waals surface area contributed by atoms with Crippen LogP contribution in [0.2, 0.25) is 0 Å². The minimum Gasteiger partial charge on any atom is -0.465 e. The van der Waals surface area contributed by atoms with E-state index < -0.39 is 11.2 Å². The average molecular weight is 201 g/mol. The van der Waals surface area contributed by atoms with Gasteiger partial charge in [0.25, 0.3) is 0 Å². The Balaban J connectivity index is 2.59. The van der Waals surface area contributed by atoms with E-state index in [4.69, 9.17) is 4.74 Å². The summed E-state index contributed by atoms with van der Waals surface area (Å²) in [6, 6.07) is 0. The normalized spacial score (nSPS) is 21.9. The van der Waals surface area contributed by atoms with Gasteiger partial charge in [-0.3, -0.25) is 9.59 Å². The van der Waals surface area contributed by atoms with E-state index in [1.807, 2.05) is 0 Å². The maximum atomic E-state index is 11.3. The molecule has 0 spiro atoms. The Labute approximate surface area is 80.7 Å². The highest BCUT2D eigenvalue weighted by molar-refractivity contribution is 8.04. The zero-order chi connectivity index (χ0) is 9.68. The number of ether oxygens (including phenoxy) is 1. The van der Waals surface area contributed by atoms with Crippen LogP contribution in [0, 0.1) is 0 Å². The summed E-state index contributed by atoms with van der Waals surface area (Å²) in [5.41, 5.74) is 0. The van der Waals surface area contributed by atoms with Crippen LogP contribution in [-0.2, 0) is 14.3 Å². The summed E-state index contributed by atoms with van der Waals surface area (Å²) in [5.74, 6) is -0.759. The molecule has 1 aliphatic heterocycles. The van der Waals surface area contributed by atoms with Crippen LogP contribution in [0.5, 0.6) is 0 Å². The fraction of sp³-hybridized carbons (Fsp3) is 0.500. The highest BCUT2D eigenvalue weighted by atomic mass is 32.2. The molecule has 0 aromatic heterocycles. The monoisotopic (exact) mass is 201 g/mol. The van der Waals surface area contributed by atoms with Gasteiger partial charge >= 0.3 is 5.97 Å². The number of nitrogens with one attached hydrogen (secondary N) is 1. The van der Waals surface area contributed by atoms with Crippen LogP contribution < -0.4 is 5.32 Å². The van der Waals surface area contributed by atoms with E-state index in [1.165, 1.54) is 11.8 Å². The molecular formula is C8H11NO3S. The highest BCUT2D eigenvalue weighted by Crippen LogP contribution is 2.16. The largest absolute Gasteiger partial charge is 0.465 e. The van der Waals surface area contributed by atoms with Crippen molar-refractivity contribution < 1.29 is 14.3 Å². The van der Waals surface area contributed by atoms with Gasteiger partial charge in [0.2, 0.25) is 5.91 Å². The molecule has 0 radical (unpaired) electrons. The minimum atomic E-state index is -0.751. The van der Waals surface area contributed by atoms with Crippen molar-refractivity contribution in [1.82, 2.24) is 5.32 Å². The quantitative estimate of drug-likeness (QED) is 0.515. The molecule has 0 saturated carbocycles. The summed E-state index contributed by atoms with van der Waals surface area (Å²) in [6.45, 7) is 2.49. The third-order valence-electron chi connectivity index (χ3n) is 1.44. The molecule has 0 saturated heterocycles. The summed E-state index contributed by atoms with van der Waals surface area (Å²) in [4.78, 5) is 22.5. The minimum absolute atomic E-state index is 0.284. The smallest absolute Gasteiger partial charge is 0.329 e. The first-order valence-corrected chi connectivity index (χ1v) is 4.94. The summed E-state index contributed by atoms with van der Waals surface area (Å²) in [5, 5.41) is 3.57. The summed E-state index contributed by atoms with van der Waals surface area (Å²) >= 11 is 1.17. The second kappa shape index (κ2) is 4.91. The van der Waals surface area contributed by atoms with Gasteiger partial charge in [-0.1, -0.05) is 6.08 Å². The second-order valence-electron chi connectivity index (χ2n) is 2.39. The Morgan fingerprint density at radius 1 is 1.85 bits per heavy atom. The van der Waals surface area contributed by atoms with Crippen molar-refractivity contribution in [2.75, 3.05) is 13.2 Å². The number of rotatable bonds is 2. The molecule has 1 aliphatic rings. The molecule has 0 fully saturated rings. The predicted octanol–water partition coefficient (Wildman–Crippen LogP) is 0.295. The van der Waals surface area contributed by atoms with Gasteiger partial charge in [0.1, 0.15) is 0 Å². The van der Waals surface area contributed by atoms with Crippen LogP contribution in [0.1, 0.15) is 6.92 Å². The van der Waals surface area contributed by atoms with Crippen molar-refractivity contribution in [2.45, 2.75) is 12.2 Å². The lowest BCUT2D eigenvalue weighted by atomic mass is 10.4. The van der Waals surface area contributed by atoms with Crippen molar-refractivity contribution in [2.24, 2.45) is 0 Å². The van der Waals surface area contributed by atoms with Crippen LogP contribution in [0.3, 0.4) is 0 Å². The lowest BCUT2D eigenvalue weighted by Crippen LogP contribution is -2.37. The van der Waals surface area contributed by atoms with Crippen molar-refractivity contribution in [3.05, 3.63) is 11.5 Å². The van der Waals surface area contributed by atoms with Crippen LogP contribution >= 0.6 is 11.8 Å². The summed E-state index contributed by atoms with van der Waals surface area (Å²) < 4.78 is 4.75. The Morgan fingerprint density at radius 2 is 2.62 bits per heavy atom. The number of carbonyl (C=O) groups excluding carboxylic acids is 2. The topological polar surface area (TPSA) is 55.4 Å². The maximum absolute atomic E-state index is 11.3. The van der Waals surface area contributed by atoms with Crippen molar-refractivity contribution in [3.63, 3.8) is 0 Å².